The van der Waals surface area contributed by atoms with Gasteiger partial charge in [-0.3, -0.25) is 14.4 Å². The molecule has 1 atom stereocenters. The first-order chi connectivity index (χ1) is 14.7. The van der Waals surface area contributed by atoms with E-state index in [-0.39, 0.29) is 35.9 Å². The summed E-state index contributed by atoms with van der Waals surface area (Å²) >= 11 is 0. The quantitative estimate of drug-likeness (QED) is 0.164. The third kappa shape index (κ3) is 6.22. The van der Waals surface area contributed by atoms with Gasteiger partial charge in [0.25, 0.3) is 5.91 Å². The summed E-state index contributed by atoms with van der Waals surface area (Å²) in [7, 11) is 3.30. The van der Waals surface area contributed by atoms with Gasteiger partial charge in [0.15, 0.2) is 6.29 Å². The molecule has 1 aromatic heterocycles. The van der Waals surface area contributed by atoms with Crippen LogP contribution in [0.4, 0.5) is 10.1 Å². The third-order valence-electron chi connectivity index (χ3n) is 4.73. The summed E-state index contributed by atoms with van der Waals surface area (Å²) in [5.41, 5.74) is 11.4. The number of benzene rings is 1. The molecule has 1 heterocycles. The number of halogens is 1. The van der Waals surface area contributed by atoms with Crippen LogP contribution in [0.25, 0.3) is 11.6 Å². The molecular weight excluding hydrogens is 405 g/mol. The Balaban J connectivity index is 2.19. The van der Waals surface area contributed by atoms with E-state index in [1.54, 1.807) is 27.9 Å². The molecule has 0 aliphatic heterocycles. The number of nitrogens with two attached hydrogens (primary N) is 1. The fraction of sp³-hybridized carbons (Fsp3) is 0.333. The molecule has 0 aliphatic rings. The molecule has 0 aliphatic carbocycles. The summed E-state index contributed by atoms with van der Waals surface area (Å²) in [6.07, 6.45) is 1.20. The molecule has 1 aromatic carbocycles. The van der Waals surface area contributed by atoms with Crippen LogP contribution in [-0.4, -0.2) is 60.8 Å². The zero-order valence-electron chi connectivity index (χ0n) is 18.0. The lowest BCUT2D eigenvalue weighted by Crippen LogP contribution is -2.39. The van der Waals surface area contributed by atoms with E-state index in [4.69, 9.17) is 10.6 Å². The molecule has 10 heteroatoms. The van der Waals surface area contributed by atoms with Gasteiger partial charge in [-0.15, -0.1) is 5.17 Å². The fourth-order valence-electron chi connectivity index (χ4n) is 2.99. The van der Waals surface area contributed by atoms with Gasteiger partial charge >= 0.3 is 0 Å². The van der Waals surface area contributed by atoms with E-state index in [1.807, 2.05) is 0 Å². The first kappa shape index (κ1) is 24.2. The number of nitrogens with one attached hydrogen (secondary N) is 3. The zero-order valence-corrected chi connectivity index (χ0v) is 18.0. The van der Waals surface area contributed by atoms with Crippen molar-refractivity contribution in [3.8, 4) is 0 Å². The van der Waals surface area contributed by atoms with Crippen molar-refractivity contribution in [1.82, 2.24) is 20.9 Å². The van der Waals surface area contributed by atoms with E-state index in [0.29, 0.717) is 28.8 Å². The van der Waals surface area contributed by atoms with Crippen LogP contribution in [-0.2, 0) is 9.63 Å². The van der Waals surface area contributed by atoms with Crippen LogP contribution in [0.15, 0.2) is 18.2 Å². The molecule has 0 saturated heterocycles. The minimum atomic E-state index is -0.906. The number of rotatable bonds is 10. The first-order valence-corrected chi connectivity index (χ1v) is 9.59. The summed E-state index contributed by atoms with van der Waals surface area (Å²) in [6.45, 7) is 3.43. The van der Waals surface area contributed by atoms with E-state index < -0.39 is 11.9 Å². The molecule has 1 amide bonds. The summed E-state index contributed by atoms with van der Waals surface area (Å²) in [4.78, 5) is 32.5. The van der Waals surface area contributed by atoms with E-state index >= 15 is 0 Å². The number of carbonyl (C=O) groups is 2. The predicted molar refractivity (Wildman–Crippen MR) is 116 cm³/mol. The van der Waals surface area contributed by atoms with Crippen molar-refractivity contribution >= 4 is 29.5 Å². The lowest BCUT2D eigenvalue weighted by molar-refractivity contribution is -0.189. The second-order valence-corrected chi connectivity index (χ2v) is 6.99. The van der Waals surface area contributed by atoms with Crippen LogP contribution in [0.3, 0.4) is 0 Å². The molecule has 9 nitrogen and oxygen atoms in total. The molecule has 1 unspecified atom stereocenters. The van der Waals surface area contributed by atoms with Gasteiger partial charge in [-0.05, 0) is 43.7 Å². The van der Waals surface area contributed by atoms with Crippen LogP contribution in [0.1, 0.15) is 32.9 Å². The van der Waals surface area contributed by atoms with Gasteiger partial charge in [-0.2, -0.15) is 0 Å². The number of aldehydes is 1. The summed E-state index contributed by atoms with van der Waals surface area (Å²) < 4.78 is 13.6. The number of aryl methyl sites for hydroxylation is 1. The Morgan fingerprint density at radius 2 is 2.13 bits per heavy atom. The number of aromatic amines is 1. The maximum Gasteiger partial charge on any atom is 0.253 e. The SMILES string of the molecule is CNN(C)OCC(O)CNC(=O)c1c(C)[nH]c(/C=C(\C=O)c2cc(F)ccc2N)c1C. The Morgan fingerprint density at radius 1 is 1.42 bits per heavy atom. The normalized spacial score (nSPS) is 12.8. The van der Waals surface area contributed by atoms with Crippen LogP contribution in [0.2, 0.25) is 0 Å². The molecular formula is C21H28FN5O4. The van der Waals surface area contributed by atoms with E-state index in [9.17, 15) is 19.1 Å². The molecule has 2 aromatic rings. The number of aromatic nitrogens is 1. The molecule has 0 saturated carbocycles. The largest absolute Gasteiger partial charge is 0.398 e. The highest BCUT2D eigenvalue weighted by Crippen LogP contribution is 2.26. The zero-order chi connectivity index (χ0) is 23.1. The Morgan fingerprint density at radius 3 is 2.77 bits per heavy atom. The number of hydrogen-bond donors (Lipinski definition) is 5. The number of hydroxylamine groups is 1. The molecule has 0 fully saturated rings. The first-order valence-electron chi connectivity index (χ1n) is 9.59. The number of aliphatic hydroxyl groups excluding tert-OH is 1. The van der Waals surface area contributed by atoms with Gasteiger partial charge in [-0.25, -0.2) is 9.82 Å². The average Bonchev–Trinajstić information content (AvgIpc) is 3.03. The number of hydrogen-bond acceptors (Lipinski definition) is 7. The second-order valence-electron chi connectivity index (χ2n) is 6.99. The topological polar surface area (TPSA) is 133 Å². The maximum absolute atomic E-state index is 13.6. The molecule has 2 rings (SSSR count). The average molecular weight is 433 g/mol. The van der Waals surface area contributed by atoms with Crippen LogP contribution >= 0.6 is 0 Å². The maximum atomic E-state index is 13.6. The smallest absolute Gasteiger partial charge is 0.253 e. The number of H-pyrrole nitrogens is 1. The van der Waals surface area contributed by atoms with Gasteiger partial charge < -0.3 is 21.1 Å². The minimum Gasteiger partial charge on any atom is -0.398 e. The summed E-state index contributed by atoms with van der Waals surface area (Å²) in [5, 5.41) is 14.0. The molecule has 0 radical (unpaired) electrons. The van der Waals surface area contributed by atoms with Gasteiger partial charge in [0.05, 0.1) is 18.3 Å². The monoisotopic (exact) mass is 433 g/mol. The number of aliphatic hydroxyl groups is 1. The van der Waals surface area contributed by atoms with Crippen LogP contribution in [0.5, 0.6) is 0 Å². The van der Waals surface area contributed by atoms with Gasteiger partial charge in [0.2, 0.25) is 0 Å². The standard InChI is InChI=1S/C21H28FN5O4/c1-12-19(7-14(10-28)17-8-15(22)5-6-18(17)23)26-13(2)20(12)21(30)25-9-16(29)11-31-27(4)24-3/h5-8,10,16,24,26,29H,9,11,23H2,1-4H3,(H,25,30)/b14-7+. The van der Waals surface area contributed by atoms with Gasteiger partial charge in [0.1, 0.15) is 5.82 Å². The highest BCUT2D eigenvalue weighted by atomic mass is 19.1. The summed E-state index contributed by atoms with van der Waals surface area (Å²) in [6, 6.07) is 3.78. The number of carbonyl (C=O) groups excluding carboxylic acids is 2. The van der Waals surface area contributed by atoms with Crippen LogP contribution < -0.4 is 16.5 Å². The summed E-state index contributed by atoms with van der Waals surface area (Å²) in [5.74, 6) is -0.898. The van der Waals surface area contributed by atoms with Crippen molar-refractivity contribution < 1.29 is 23.9 Å². The van der Waals surface area contributed by atoms with Gasteiger partial charge in [-0.1, -0.05) is 0 Å². The Bertz CT molecular complexity index is 973. The predicted octanol–water partition coefficient (Wildman–Crippen LogP) is 1.18. The number of allylic oxidation sites excluding steroid dienone is 1. The van der Waals surface area contributed by atoms with Crippen molar-refractivity contribution in [2.75, 3.05) is 33.0 Å². The Kier molecular flexibility index (Phi) is 8.46. The van der Waals surface area contributed by atoms with E-state index in [2.05, 4.69) is 15.7 Å². The number of nitrogens with zero attached hydrogens (tertiary/aromatic N) is 1. The lowest BCUT2D eigenvalue weighted by Gasteiger charge is -2.18. The third-order valence-corrected chi connectivity index (χ3v) is 4.73. The van der Waals surface area contributed by atoms with Crippen molar-refractivity contribution in [1.29, 1.82) is 0 Å². The van der Waals surface area contributed by atoms with Crippen molar-refractivity contribution in [2.24, 2.45) is 0 Å². The Hall–Kier alpha value is -3.05. The number of hydrazine groups is 1. The molecule has 168 valence electrons. The van der Waals surface area contributed by atoms with Crippen molar-refractivity contribution in [2.45, 2.75) is 20.0 Å². The highest BCUT2D eigenvalue weighted by molar-refractivity contribution is 6.15. The fourth-order valence-corrected chi connectivity index (χ4v) is 2.99. The molecule has 0 spiro atoms. The van der Waals surface area contributed by atoms with Crippen molar-refractivity contribution in [3.05, 3.63) is 52.1 Å². The van der Waals surface area contributed by atoms with Crippen molar-refractivity contribution in [3.63, 3.8) is 0 Å². The van der Waals surface area contributed by atoms with E-state index in [1.165, 1.54) is 29.4 Å². The molecule has 6 N–H and O–H groups in total. The highest BCUT2D eigenvalue weighted by Gasteiger charge is 2.19. The lowest BCUT2D eigenvalue weighted by atomic mass is 10.0. The van der Waals surface area contributed by atoms with Gasteiger partial charge in [0, 0.05) is 48.9 Å². The minimum absolute atomic E-state index is 0.00550. The number of anilines is 1. The van der Waals surface area contributed by atoms with E-state index in [0.717, 1.165) is 0 Å². The second kappa shape index (κ2) is 10.8. The number of amides is 1. The number of nitrogen functional groups attached to an aromatic ring is 1. The Labute approximate surface area is 180 Å². The molecule has 31 heavy (non-hydrogen) atoms. The van der Waals surface area contributed by atoms with Crippen LogP contribution in [0, 0.1) is 19.7 Å². The molecule has 0 bridgehead atoms.